The Morgan fingerprint density at radius 3 is 2.14 bits per heavy atom. The number of thiazole rings is 1. The molecule has 7 nitrogen and oxygen atoms in total. The van der Waals surface area contributed by atoms with E-state index in [1.54, 1.807) is 29.7 Å². The van der Waals surface area contributed by atoms with E-state index in [1.165, 1.54) is 18.4 Å². The Morgan fingerprint density at radius 2 is 1.57 bits per heavy atom. The number of aromatic nitrogens is 1. The SMILES string of the molecule is CCOC(=O)c1ccc2c(c1)sc(=NC(=O)C(c1ccccc1)c1ccccc1)n2CC(=O)OC. The average molecular weight is 489 g/mol. The van der Waals surface area contributed by atoms with Crippen LogP contribution in [0, 0.1) is 0 Å². The highest BCUT2D eigenvalue weighted by Crippen LogP contribution is 2.26. The third kappa shape index (κ3) is 5.38. The second-order valence-corrected chi connectivity index (χ2v) is 8.66. The van der Waals surface area contributed by atoms with Crippen molar-refractivity contribution in [3.05, 3.63) is 100 Å². The number of hydrogen-bond acceptors (Lipinski definition) is 6. The Bertz CT molecular complexity index is 1380. The van der Waals surface area contributed by atoms with Crippen LogP contribution in [0.15, 0.2) is 83.9 Å². The monoisotopic (exact) mass is 488 g/mol. The summed E-state index contributed by atoms with van der Waals surface area (Å²) in [6.45, 7) is 1.88. The summed E-state index contributed by atoms with van der Waals surface area (Å²) in [6.07, 6.45) is 0. The van der Waals surface area contributed by atoms with Gasteiger partial charge < -0.3 is 14.0 Å². The number of amides is 1. The second kappa shape index (κ2) is 10.9. The molecular formula is C27H24N2O5S. The van der Waals surface area contributed by atoms with E-state index >= 15 is 0 Å². The van der Waals surface area contributed by atoms with Crippen molar-refractivity contribution in [1.82, 2.24) is 4.57 Å². The molecule has 0 aliphatic heterocycles. The van der Waals surface area contributed by atoms with Gasteiger partial charge in [-0.25, -0.2) is 4.79 Å². The maximum absolute atomic E-state index is 13.6. The minimum Gasteiger partial charge on any atom is -0.468 e. The molecule has 0 atom stereocenters. The number of carbonyl (C=O) groups excluding carboxylic acids is 3. The first kappa shape index (κ1) is 24.1. The first-order valence-corrected chi connectivity index (χ1v) is 11.9. The van der Waals surface area contributed by atoms with Crippen molar-refractivity contribution >= 4 is 39.4 Å². The lowest BCUT2D eigenvalue weighted by atomic mass is 9.91. The highest BCUT2D eigenvalue weighted by molar-refractivity contribution is 7.16. The fourth-order valence-electron chi connectivity index (χ4n) is 3.77. The normalized spacial score (nSPS) is 11.6. The van der Waals surface area contributed by atoms with Gasteiger partial charge in [0.2, 0.25) is 0 Å². The Hall–Kier alpha value is -4.04. The van der Waals surface area contributed by atoms with E-state index in [0.29, 0.717) is 20.6 Å². The first-order chi connectivity index (χ1) is 17.0. The van der Waals surface area contributed by atoms with Gasteiger partial charge >= 0.3 is 11.9 Å². The molecule has 1 aromatic heterocycles. The zero-order valence-corrected chi connectivity index (χ0v) is 20.2. The number of benzene rings is 3. The lowest BCUT2D eigenvalue weighted by molar-refractivity contribution is -0.141. The molecule has 0 spiro atoms. The van der Waals surface area contributed by atoms with Crippen LogP contribution in [0.1, 0.15) is 34.3 Å². The molecule has 1 heterocycles. The van der Waals surface area contributed by atoms with Crippen LogP contribution in [0.3, 0.4) is 0 Å². The van der Waals surface area contributed by atoms with Gasteiger partial charge in [0.15, 0.2) is 4.80 Å². The Morgan fingerprint density at radius 1 is 0.943 bits per heavy atom. The summed E-state index contributed by atoms with van der Waals surface area (Å²) in [5.41, 5.74) is 2.68. The van der Waals surface area contributed by atoms with Crippen LogP contribution in [0.2, 0.25) is 0 Å². The van der Waals surface area contributed by atoms with Crippen molar-refractivity contribution in [1.29, 1.82) is 0 Å². The molecule has 1 amide bonds. The standard InChI is InChI=1S/C27H24N2O5S/c1-3-34-26(32)20-14-15-21-22(16-20)35-27(29(21)17-23(30)33-2)28-25(31)24(18-10-6-4-7-11-18)19-12-8-5-9-13-19/h4-16,24H,3,17H2,1-2H3. The maximum atomic E-state index is 13.6. The zero-order valence-electron chi connectivity index (χ0n) is 19.3. The average Bonchev–Trinajstić information content (AvgIpc) is 3.21. The van der Waals surface area contributed by atoms with Gasteiger partial charge in [0.05, 0.1) is 35.4 Å². The van der Waals surface area contributed by atoms with E-state index in [4.69, 9.17) is 9.47 Å². The van der Waals surface area contributed by atoms with Crippen LogP contribution in [0.4, 0.5) is 0 Å². The molecule has 0 N–H and O–H groups in total. The predicted molar refractivity (Wildman–Crippen MR) is 133 cm³/mol. The van der Waals surface area contributed by atoms with Crippen LogP contribution in [-0.2, 0) is 25.6 Å². The van der Waals surface area contributed by atoms with E-state index in [0.717, 1.165) is 11.1 Å². The molecule has 0 radical (unpaired) electrons. The van der Waals surface area contributed by atoms with Crippen molar-refractivity contribution < 1.29 is 23.9 Å². The molecule has 0 unspecified atom stereocenters. The number of ether oxygens (including phenoxy) is 2. The van der Waals surface area contributed by atoms with E-state index in [1.807, 2.05) is 60.7 Å². The topological polar surface area (TPSA) is 87.0 Å². The molecule has 0 aliphatic carbocycles. The molecular weight excluding hydrogens is 464 g/mol. The largest absolute Gasteiger partial charge is 0.468 e. The summed E-state index contributed by atoms with van der Waals surface area (Å²) in [7, 11) is 1.30. The third-order valence-corrected chi connectivity index (χ3v) is 6.47. The molecule has 35 heavy (non-hydrogen) atoms. The lowest BCUT2D eigenvalue weighted by Gasteiger charge is -2.14. The van der Waals surface area contributed by atoms with Crippen LogP contribution in [0.25, 0.3) is 10.2 Å². The van der Waals surface area contributed by atoms with Gasteiger partial charge in [0, 0.05) is 0 Å². The quantitative estimate of drug-likeness (QED) is 0.362. The van der Waals surface area contributed by atoms with Crippen molar-refractivity contribution in [2.75, 3.05) is 13.7 Å². The van der Waals surface area contributed by atoms with Gasteiger partial charge in [0.25, 0.3) is 5.91 Å². The number of rotatable bonds is 7. The van der Waals surface area contributed by atoms with Crippen molar-refractivity contribution in [2.45, 2.75) is 19.4 Å². The first-order valence-electron chi connectivity index (χ1n) is 11.1. The number of carbonyl (C=O) groups is 3. The second-order valence-electron chi connectivity index (χ2n) is 7.65. The smallest absolute Gasteiger partial charge is 0.338 e. The van der Waals surface area contributed by atoms with Gasteiger partial charge in [-0.1, -0.05) is 72.0 Å². The lowest BCUT2D eigenvalue weighted by Crippen LogP contribution is -2.24. The molecule has 0 fully saturated rings. The van der Waals surface area contributed by atoms with Crippen LogP contribution < -0.4 is 4.80 Å². The van der Waals surface area contributed by atoms with Crippen LogP contribution >= 0.6 is 11.3 Å². The summed E-state index contributed by atoms with van der Waals surface area (Å²) in [6, 6.07) is 23.9. The van der Waals surface area contributed by atoms with Gasteiger partial charge in [0.1, 0.15) is 6.54 Å². The van der Waals surface area contributed by atoms with Gasteiger partial charge in [-0.3, -0.25) is 9.59 Å². The number of methoxy groups -OCH3 is 1. The number of hydrogen-bond donors (Lipinski definition) is 0. The molecule has 8 heteroatoms. The molecule has 178 valence electrons. The molecule has 0 aliphatic rings. The Labute approximate surface area is 206 Å². The van der Waals surface area contributed by atoms with E-state index in [2.05, 4.69) is 4.99 Å². The summed E-state index contributed by atoms with van der Waals surface area (Å²) < 4.78 is 12.3. The third-order valence-electron chi connectivity index (χ3n) is 5.43. The van der Waals surface area contributed by atoms with Gasteiger partial charge in [-0.2, -0.15) is 4.99 Å². The molecule has 4 rings (SSSR count). The van der Waals surface area contributed by atoms with E-state index < -0.39 is 17.9 Å². The highest BCUT2D eigenvalue weighted by atomic mass is 32.1. The van der Waals surface area contributed by atoms with Gasteiger partial charge in [-0.05, 0) is 36.2 Å². The fraction of sp³-hybridized carbons (Fsp3) is 0.185. The Kier molecular flexibility index (Phi) is 7.52. The Balaban J connectivity index is 1.85. The summed E-state index contributed by atoms with van der Waals surface area (Å²) in [4.78, 5) is 42.8. The van der Waals surface area contributed by atoms with E-state index in [-0.39, 0.29) is 19.1 Å². The fourth-order valence-corrected chi connectivity index (χ4v) is 4.85. The highest BCUT2D eigenvalue weighted by Gasteiger charge is 2.23. The molecule has 0 bridgehead atoms. The number of fused-ring (bicyclic) bond motifs is 1. The summed E-state index contributed by atoms with van der Waals surface area (Å²) in [5.74, 6) is -1.89. The van der Waals surface area contributed by atoms with Crippen LogP contribution in [-0.4, -0.2) is 36.1 Å². The summed E-state index contributed by atoms with van der Waals surface area (Å²) in [5, 5.41) is 0. The van der Waals surface area contributed by atoms with E-state index in [9.17, 15) is 14.4 Å². The zero-order chi connectivity index (χ0) is 24.8. The molecule has 3 aromatic carbocycles. The minimum atomic E-state index is -0.607. The number of nitrogens with zero attached hydrogens (tertiary/aromatic N) is 2. The summed E-state index contributed by atoms with van der Waals surface area (Å²) >= 11 is 1.22. The molecule has 4 aromatic rings. The van der Waals surface area contributed by atoms with Crippen molar-refractivity contribution in [3.63, 3.8) is 0 Å². The molecule has 0 saturated carbocycles. The maximum Gasteiger partial charge on any atom is 0.338 e. The minimum absolute atomic E-state index is 0.122. The van der Waals surface area contributed by atoms with Crippen LogP contribution in [0.5, 0.6) is 0 Å². The van der Waals surface area contributed by atoms with Crippen molar-refractivity contribution in [2.24, 2.45) is 4.99 Å². The molecule has 0 saturated heterocycles. The number of esters is 2. The van der Waals surface area contributed by atoms with Gasteiger partial charge in [-0.15, -0.1) is 0 Å². The van der Waals surface area contributed by atoms with Crippen molar-refractivity contribution in [3.8, 4) is 0 Å². The predicted octanol–water partition coefficient (Wildman–Crippen LogP) is 4.31.